The Kier molecular flexibility index (Phi) is 4.39. The van der Waals surface area contributed by atoms with E-state index in [2.05, 4.69) is 10.5 Å². The minimum atomic E-state index is -0.771. The molecule has 2 bridgehead atoms. The summed E-state index contributed by atoms with van der Waals surface area (Å²) in [5.74, 6) is 0.482. The van der Waals surface area contributed by atoms with Crippen LogP contribution < -0.4 is 15.0 Å². The molecule has 2 saturated heterocycles. The van der Waals surface area contributed by atoms with Crippen LogP contribution >= 0.6 is 0 Å². The lowest BCUT2D eigenvalue weighted by molar-refractivity contribution is -0.131. The van der Waals surface area contributed by atoms with Crippen molar-refractivity contribution in [3.05, 3.63) is 53.8 Å². The maximum atomic E-state index is 13.2. The second-order valence-corrected chi connectivity index (χ2v) is 8.01. The number of aromatic nitrogens is 1. The van der Waals surface area contributed by atoms with Gasteiger partial charge in [-0.2, -0.15) is 0 Å². The number of benzene rings is 1. The van der Waals surface area contributed by atoms with Crippen molar-refractivity contribution in [2.45, 2.75) is 25.0 Å². The predicted octanol–water partition coefficient (Wildman–Crippen LogP) is 1.64. The Morgan fingerprint density at radius 1 is 1.37 bits per heavy atom. The van der Waals surface area contributed by atoms with E-state index in [9.17, 15) is 9.59 Å². The first-order valence-corrected chi connectivity index (χ1v) is 10.0. The molecule has 3 aliphatic heterocycles. The molecule has 0 aliphatic carbocycles. The molecule has 2 aromatic rings. The number of amides is 2. The molecule has 4 atom stereocenters. The average Bonchev–Trinajstić information content (AvgIpc) is 3.49. The van der Waals surface area contributed by atoms with E-state index in [0.29, 0.717) is 31.1 Å². The summed E-state index contributed by atoms with van der Waals surface area (Å²) in [4.78, 5) is 27.8. The number of hydrogen-bond donors (Lipinski definition) is 1. The van der Waals surface area contributed by atoms with Gasteiger partial charge in [0, 0.05) is 12.6 Å². The van der Waals surface area contributed by atoms with Gasteiger partial charge in [-0.15, -0.1) is 0 Å². The van der Waals surface area contributed by atoms with Crippen molar-refractivity contribution in [1.82, 2.24) is 10.5 Å². The van der Waals surface area contributed by atoms with E-state index >= 15 is 0 Å². The highest BCUT2D eigenvalue weighted by Gasteiger charge is 2.67. The number of rotatable bonds is 6. The van der Waals surface area contributed by atoms with Crippen molar-refractivity contribution in [2.75, 3.05) is 25.1 Å². The smallest absolute Gasteiger partial charge is 0.235 e. The summed E-state index contributed by atoms with van der Waals surface area (Å²) >= 11 is 0. The van der Waals surface area contributed by atoms with Crippen LogP contribution in [0.25, 0.3) is 0 Å². The van der Waals surface area contributed by atoms with Crippen molar-refractivity contribution in [3.8, 4) is 5.75 Å². The number of ether oxygens (including phenoxy) is 2. The molecule has 30 heavy (non-hydrogen) atoms. The van der Waals surface area contributed by atoms with Gasteiger partial charge < -0.3 is 19.3 Å². The third-order valence-electron chi connectivity index (χ3n) is 6.17. The highest BCUT2D eigenvalue weighted by atomic mass is 16.5. The molecule has 0 unspecified atom stereocenters. The lowest BCUT2D eigenvalue weighted by Crippen LogP contribution is -2.44. The van der Waals surface area contributed by atoms with Gasteiger partial charge >= 0.3 is 0 Å². The average molecular weight is 409 g/mol. The van der Waals surface area contributed by atoms with Crippen LogP contribution in [0.4, 0.5) is 5.82 Å². The number of methoxy groups -OCH3 is 1. The molecule has 1 aromatic carbocycles. The van der Waals surface area contributed by atoms with Gasteiger partial charge in [-0.3, -0.25) is 14.5 Å². The van der Waals surface area contributed by atoms with Gasteiger partial charge in [-0.25, -0.2) is 0 Å². The number of nitrogens with one attached hydrogen (secondary N) is 1. The number of carbonyl (C=O) groups excluding carboxylic acids is 2. The summed E-state index contributed by atoms with van der Waals surface area (Å²) in [5.41, 5.74) is 0.327. The fraction of sp³-hybridized carbons (Fsp3) is 0.409. The van der Waals surface area contributed by atoms with Gasteiger partial charge in [0.1, 0.15) is 17.1 Å². The first kappa shape index (κ1) is 18.9. The minimum Gasteiger partial charge on any atom is -0.497 e. The lowest BCUT2D eigenvalue weighted by Gasteiger charge is -2.23. The monoisotopic (exact) mass is 409 g/mol. The van der Waals surface area contributed by atoms with E-state index in [4.69, 9.17) is 14.0 Å². The van der Waals surface area contributed by atoms with Gasteiger partial charge in [0.05, 0.1) is 31.6 Å². The largest absolute Gasteiger partial charge is 0.497 e. The maximum absolute atomic E-state index is 13.2. The van der Waals surface area contributed by atoms with E-state index in [1.54, 1.807) is 25.0 Å². The van der Waals surface area contributed by atoms with Crippen molar-refractivity contribution in [2.24, 2.45) is 11.8 Å². The van der Waals surface area contributed by atoms with Crippen molar-refractivity contribution >= 4 is 17.6 Å². The molecule has 2 fully saturated rings. The van der Waals surface area contributed by atoms with E-state index in [-0.39, 0.29) is 17.9 Å². The van der Waals surface area contributed by atoms with Crippen LogP contribution in [0.2, 0.25) is 0 Å². The quantitative estimate of drug-likeness (QED) is 0.729. The number of aryl methyl sites for hydroxylation is 1. The molecule has 0 saturated carbocycles. The molecular weight excluding hydrogens is 386 g/mol. The third-order valence-corrected chi connectivity index (χ3v) is 6.17. The lowest BCUT2D eigenvalue weighted by atomic mass is 9.77. The van der Waals surface area contributed by atoms with Gasteiger partial charge in [0.2, 0.25) is 11.8 Å². The molecular formula is C22H23N3O5. The van der Waals surface area contributed by atoms with Crippen LogP contribution in [0.5, 0.6) is 5.75 Å². The number of hydrogen-bond acceptors (Lipinski definition) is 6. The summed E-state index contributed by atoms with van der Waals surface area (Å²) < 4.78 is 16.4. The minimum absolute atomic E-state index is 0.148. The number of carbonyl (C=O) groups is 2. The van der Waals surface area contributed by atoms with Crippen LogP contribution in [0, 0.1) is 18.8 Å². The number of fused-ring (bicyclic) bond motifs is 1. The molecule has 8 nitrogen and oxygen atoms in total. The zero-order chi connectivity index (χ0) is 20.9. The Balaban J connectivity index is 1.27. The fourth-order valence-electron chi connectivity index (χ4n) is 4.71. The Morgan fingerprint density at radius 3 is 2.87 bits per heavy atom. The van der Waals surface area contributed by atoms with Gasteiger partial charge in [0.25, 0.3) is 0 Å². The van der Waals surface area contributed by atoms with Crippen LogP contribution in [-0.2, 0) is 20.7 Å². The zero-order valence-electron chi connectivity index (χ0n) is 16.8. The van der Waals surface area contributed by atoms with Crippen molar-refractivity contribution < 1.29 is 23.6 Å². The van der Waals surface area contributed by atoms with Gasteiger partial charge in [-0.1, -0.05) is 29.4 Å². The van der Waals surface area contributed by atoms with Gasteiger partial charge in [0.15, 0.2) is 5.82 Å². The first-order chi connectivity index (χ1) is 14.5. The van der Waals surface area contributed by atoms with E-state index in [1.807, 2.05) is 36.4 Å². The summed E-state index contributed by atoms with van der Waals surface area (Å²) in [5, 5.41) is 6.95. The molecule has 4 heterocycles. The number of anilines is 1. The molecule has 1 spiro atoms. The molecule has 156 valence electrons. The zero-order valence-corrected chi connectivity index (χ0v) is 16.8. The Hall–Kier alpha value is -3.13. The SMILES string of the molecule is COc1ccc(CCNC(=O)[C@H]2[C@@H]3C=C[C@@]4(CN(c5cc(C)on5)C(=O)[C@@H]24)O3)cc1. The fourth-order valence-corrected chi connectivity index (χ4v) is 4.71. The summed E-state index contributed by atoms with van der Waals surface area (Å²) in [7, 11) is 1.63. The van der Waals surface area contributed by atoms with Crippen molar-refractivity contribution in [1.29, 1.82) is 0 Å². The van der Waals surface area contributed by atoms with E-state index in [1.165, 1.54) is 0 Å². The van der Waals surface area contributed by atoms with Crippen LogP contribution in [0.1, 0.15) is 11.3 Å². The topological polar surface area (TPSA) is 93.9 Å². The Bertz CT molecular complexity index is 1010. The number of nitrogens with zero attached hydrogens (tertiary/aromatic N) is 2. The third kappa shape index (κ3) is 2.90. The molecule has 2 amide bonds. The Morgan fingerprint density at radius 2 is 2.17 bits per heavy atom. The molecule has 1 aromatic heterocycles. The standard InChI is InChI=1S/C22H23N3O5/c1-13-11-17(24-30-13)25-12-22-9-7-16(29-22)18(19(22)21(25)27)20(26)23-10-8-14-3-5-15(28-2)6-4-14/h3-7,9,11,16,18-19H,8,10,12H2,1-2H3,(H,23,26)/t16-,18-,19+,22-/m0/s1. The molecule has 0 radical (unpaired) electrons. The van der Waals surface area contributed by atoms with Crippen LogP contribution in [0.15, 0.2) is 47.0 Å². The normalized spacial score (nSPS) is 28.8. The highest BCUT2D eigenvalue weighted by Crippen LogP contribution is 2.52. The maximum Gasteiger partial charge on any atom is 0.235 e. The van der Waals surface area contributed by atoms with E-state index in [0.717, 1.165) is 11.3 Å². The van der Waals surface area contributed by atoms with E-state index < -0.39 is 17.4 Å². The summed E-state index contributed by atoms with van der Waals surface area (Å²) in [6, 6.07) is 9.46. The second-order valence-electron chi connectivity index (χ2n) is 8.01. The molecule has 1 N–H and O–H groups in total. The summed E-state index contributed by atoms with van der Waals surface area (Å²) in [6.07, 6.45) is 4.14. The highest BCUT2D eigenvalue weighted by molar-refractivity contribution is 6.02. The molecule has 5 rings (SSSR count). The first-order valence-electron chi connectivity index (χ1n) is 10.0. The molecule has 3 aliphatic rings. The van der Waals surface area contributed by atoms with Crippen LogP contribution in [0.3, 0.4) is 0 Å². The Labute approximate surface area is 173 Å². The van der Waals surface area contributed by atoms with Crippen LogP contribution in [-0.4, -0.2) is 48.9 Å². The second kappa shape index (κ2) is 6.98. The predicted molar refractivity (Wildman–Crippen MR) is 107 cm³/mol. The molecule has 8 heteroatoms. The van der Waals surface area contributed by atoms with Crippen molar-refractivity contribution in [3.63, 3.8) is 0 Å². The summed E-state index contributed by atoms with van der Waals surface area (Å²) in [6.45, 7) is 2.60. The van der Waals surface area contributed by atoms with Gasteiger partial charge in [-0.05, 0) is 31.0 Å².